The molecule has 24 heavy (non-hydrogen) atoms. The molecule has 2 aromatic rings. The van der Waals surface area contributed by atoms with Crippen LogP contribution in [0.25, 0.3) is 11.1 Å². The van der Waals surface area contributed by atoms with Gasteiger partial charge < -0.3 is 4.90 Å². The normalized spacial score (nSPS) is 10.5. The molecule has 2 nitrogen and oxygen atoms in total. The molecular formula is C21H28ClNO. The molecule has 0 heterocycles. The molecule has 0 aromatic heterocycles. The zero-order valence-corrected chi connectivity index (χ0v) is 15.7. The third kappa shape index (κ3) is 6.10. The van der Waals surface area contributed by atoms with E-state index in [1.54, 1.807) is 0 Å². The minimum absolute atomic E-state index is 0. The van der Waals surface area contributed by atoms with Gasteiger partial charge in [-0.2, -0.15) is 0 Å². The molecule has 0 saturated heterocycles. The number of benzene rings is 2. The van der Waals surface area contributed by atoms with E-state index in [4.69, 9.17) is 0 Å². The van der Waals surface area contributed by atoms with E-state index in [9.17, 15) is 4.79 Å². The second kappa shape index (κ2) is 10.3. The van der Waals surface area contributed by atoms with Crippen molar-refractivity contribution in [3.8, 4) is 11.1 Å². The summed E-state index contributed by atoms with van der Waals surface area (Å²) >= 11 is 0. The van der Waals surface area contributed by atoms with Gasteiger partial charge in [0.25, 0.3) is 0 Å². The van der Waals surface area contributed by atoms with E-state index in [2.05, 4.69) is 50.2 Å². The molecule has 0 unspecified atom stereocenters. The first kappa shape index (κ1) is 20.4. The molecule has 0 spiro atoms. The first-order valence-corrected chi connectivity index (χ1v) is 8.47. The zero-order valence-electron chi connectivity index (χ0n) is 14.9. The van der Waals surface area contributed by atoms with Crippen LogP contribution >= 0.6 is 12.4 Å². The maximum Gasteiger partial charge on any atom is 0.162 e. The monoisotopic (exact) mass is 345 g/mol. The van der Waals surface area contributed by atoms with Crippen LogP contribution in [-0.2, 0) is 6.54 Å². The average Bonchev–Trinajstić information content (AvgIpc) is 2.55. The maximum atomic E-state index is 12.1. The highest BCUT2D eigenvalue weighted by Crippen LogP contribution is 2.21. The van der Waals surface area contributed by atoms with E-state index in [1.807, 2.05) is 24.3 Å². The Hall–Kier alpha value is -1.64. The van der Waals surface area contributed by atoms with Gasteiger partial charge in [0.1, 0.15) is 0 Å². The Balaban J connectivity index is 0.00000288. The summed E-state index contributed by atoms with van der Waals surface area (Å²) in [5.41, 5.74) is 4.49. The van der Waals surface area contributed by atoms with Crippen molar-refractivity contribution in [1.29, 1.82) is 0 Å². The van der Waals surface area contributed by atoms with E-state index in [-0.39, 0.29) is 18.2 Å². The number of unbranched alkanes of at least 4 members (excludes halogenated alkanes) is 2. The highest BCUT2D eigenvalue weighted by molar-refractivity contribution is 5.96. The van der Waals surface area contributed by atoms with Crippen LogP contribution in [-0.4, -0.2) is 24.8 Å². The number of ketones is 1. The summed E-state index contributed by atoms with van der Waals surface area (Å²) in [7, 11) is 4.15. The van der Waals surface area contributed by atoms with Crippen molar-refractivity contribution in [3.63, 3.8) is 0 Å². The second-order valence-corrected chi connectivity index (χ2v) is 6.39. The Morgan fingerprint density at radius 2 is 1.42 bits per heavy atom. The van der Waals surface area contributed by atoms with Gasteiger partial charge in [0.2, 0.25) is 0 Å². The number of nitrogens with zero attached hydrogens (tertiary/aromatic N) is 1. The third-order valence-corrected chi connectivity index (χ3v) is 4.00. The van der Waals surface area contributed by atoms with Gasteiger partial charge in [-0.05, 0) is 37.2 Å². The van der Waals surface area contributed by atoms with E-state index in [0.29, 0.717) is 6.42 Å². The lowest BCUT2D eigenvalue weighted by Crippen LogP contribution is -2.10. The average molecular weight is 346 g/mol. The van der Waals surface area contributed by atoms with Gasteiger partial charge in [-0.3, -0.25) is 4.79 Å². The van der Waals surface area contributed by atoms with Gasteiger partial charge in [-0.15, -0.1) is 12.4 Å². The number of hydrogen-bond donors (Lipinski definition) is 0. The minimum atomic E-state index is 0. The van der Waals surface area contributed by atoms with Crippen LogP contribution in [0, 0.1) is 0 Å². The van der Waals surface area contributed by atoms with Gasteiger partial charge in [-0.1, -0.05) is 68.3 Å². The van der Waals surface area contributed by atoms with Crippen LogP contribution in [0.3, 0.4) is 0 Å². The molecule has 0 aliphatic rings. The molecule has 2 aromatic carbocycles. The van der Waals surface area contributed by atoms with Crippen LogP contribution in [0.2, 0.25) is 0 Å². The fraction of sp³-hybridized carbons (Fsp3) is 0.381. The van der Waals surface area contributed by atoms with Crippen LogP contribution in [0.15, 0.2) is 48.5 Å². The van der Waals surface area contributed by atoms with Crippen molar-refractivity contribution in [2.75, 3.05) is 14.1 Å². The molecule has 0 aliphatic carbocycles. The fourth-order valence-electron chi connectivity index (χ4n) is 2.70. The molecule has 0 radical (unpaired) electrons. The lowest BCUT2D eigenvalue weighted by molar-refractivity contribution is 0.0979. The Labute approximate surface area is 152 Å². The predicted octanol–water partition coefficient (Wildman–Crippen LogP) is 5.60. The summed E-state index contributed by atoms with van der Waals surface area (Å²) in [4.78, 5) is 14.3. The lowest BCUT2D eigenvalue weighted by Gasteiger charge is -2.10. The summed E-state index contributed by atoms with van der Waals surface area (Å²) in [5.74, 6) is 0.256. The molecule has 0 aliphatic heterocycles. The number of carbonyl (C=O) groups excluding carboxylic acids is 1. The van der Waals surface area contributed by atoms with Crippen molar-refractivity contribution < 1.29 is 4.79 Å². The summed E-state index contributed by atoms with van der Waals surface area (Å²) in [5, 5.41) is 0. The number of halogens is 1. The topological polar surface area (TPSA) is 20.3 Å². The van der Waals surface area contributed by atoms with Gasteiger partial charge in [-0.25, -0.2) is 0 Å². The number of rotatable bonds is 8. The molecule has 130 valence electrons. The molecule has 0 N–H and O–H groups in total. The predicted molar refractivity (Wildman–Crippen MR) is 105 cm³/mol. The summed E-state index contributed by atoms with van der Waals surface area (Å²) < 4.78 is 0. The third-order valence-electron chi connectivity index (χ3n) is 4.00. The van der Waals surface area contributed by atoms with Gasteiger partial charge in [0.15, 0.2) is 5.78 Å². The molecule has 2 rings (SSSR count). The summed E-state index contributed by atoms with van der Waals surface area (Å²) in [6.45, 7) is 3.11. The Kier molecular flexibility index (Phi) is 8.73. The Morgan fingerprint density at radius 3 is 1.92 bits per heavy atom. The fourth-order valence-corrected chi connectivity index (χ4v) is 2.70. The van der Waals surface area contributed by atoms with Crippen LogP contribution in [0.1, 0.15) is 48.5 Å². The molecule has 0 bridgehead atoms. The highest BCUT2D eigenvalue weighted by atomic mass is 35.5. The minimum Gasteiger partial charge on any atom is -0.305 e. The molecule has 0 amide bonds. The second-order valence-electron chi connectivity index (χ2n) is 6.39. The first-order valence-electron chi connectivity index (χ1n) is 8.47. The van der Waals surface area contributed by atoms with E-state index in [1.165, 1.54) is 11.1 Å². The van der Waals surface area contributed by atoms with Gasteiger partial charge in [0.05, 0.1) is 0 Å². The summed E-state index contributed by atoms with van der Waals surface area (Å²) in [6, 6.07) is 16.6. The lowest BCUT2D eigenvalue weighted by atomic mass is 9.99. The number of hydrogen-bond acceptors (Lipinski definition) is 2. The van der Waals surface area contributed by atoms with Crippen molar-refractivity contribution in [1.82, 2.24) is 4.90 Å². The van der Waals surface area contributed by atoms with E-state index >= 15 is 0 Å². The quantitative estimate of drug-likeness (QED) is 0.458. The van der Waals surface area contributed by atoms with Gasteiger partial charge >= 0.3 is 0 Å². The van der Waals surface area contributed by atoms with E-state index < -0.39 is 0 Å². The molecule has 0 fully saturated rings. The maximum absolute atomic E-state index is 12.1. The summed E-state index contributed by atoms with van der Waals surface area (Å²) in [6.07, 6.45) is 3.93. The van der Waals surface area contributed by atoms with Crippen molar-refractivity contribution >= 4 is 18.2 Å². The van der Waals surface area contributed by atoms with Crippen molar-refractivity contribution in [2.45, 2.75) is 39.2 Å². The number of carbonyl (C=O) groups is 1. The molecular weight excluding hydrogens is 318 g/mol. The first-order chi connectivity index (χ1) is 11.1. The van der Waals surface area contributed by atoms with Crippen molar-refractivity contribution in [3.05, 3.63) is 59.7 Å². The highest BCUT2D eigenvalue weighted by Gasteiger charge is 2.06. The zero-order chi connectivity index (χ0) is 16.7. The van der Waals surface area contributed by atoms with E-state index in [0.717, 1.165) is 36.9 Å². The van der Waals surface area contributed by atoms with Crippen LogP contribution in [0.5, 0.6) is 0 Å². The van der Waals surface area contributed by atoms with Crippen LogP contribution in [0.4, 0.5) is 0 Å². The van der Waals surface area contributed by atoms with Crippen LogP contribution < -0.4 is 0 Å². The molecule has 0 saturated carbocycles. The SMILES string of the molecule is CCCCCC(=O)c1ccc(-c2ccc(CN(C)C)cc2)cc1.Cl. The smallest absolute Gasteiger partial charge is 0.162 e. The number of Topliss-reactive ketones (excluding diaryl/α,β-unsaturated/α-hetero) is 1. The molecule has 3 heteroatoms. The Bertz CT molecular complexity index is 617. The van der Waals surface area contributed by atoms with Crippen molar-refractivity contribution in [2.24, 2.45) is 0 Å². The largest absolute Gasteiger partial charge is 0.305 e. The standard InChI is InChI=1S/C21H27NO.ClH/c1-4-5-6-7-21(23)20-14-12-19(13-15-20)18-10-8-17(9-11-18)16-22(2)3;/h8-15H,4-7,16H2,1-3H3;1H. The molecule has 0 atom stereocenters. The van der Waals surface area contributed by atoms with Gasteiger partial charge in [0, 0.05) is 18.5 Å². The Morgan fingerprint density at radius 1 is 0.875 bits per heavy atom.